The van der Waals surface area contributed by atoms with Gasteiger partial charge in [-0.3, -0.25) is 4.98 Å². The summed E-state index contributed by atoms with van der Waals surface area (Å²) >= 11 is 5.85. The van der Waals surface area contributed by atoms with Gasteiger partial charge in [0.1, 0.15) is 11.2 Å². The van der Waals surface area contributed by atoms with Crippen molar-refractivity contribution < 1.29 is 4.39 Å². The van der Waals surface area contributed by atoms with Crippen LogP contribution in [0.2, 0.25) is 5.15 Å². The number of rotatable bonds is 4. The molecule has 4 nitrogen and oxygen atoms in total. The topological polar surface area (TPSA) is 61.6 Å². The van der Waals surface area contributed by atoms with Gasteiger partial charge in [0.15, 0.2) is 11.6 Å². The smallest absolute Gasteiger partial charge is 0.166 e. The van der Waals surface area contributed by atoms with Crippen LogP contribution in [0.3, 0.4) is 0 Å². The van der Waals surface area contributed by atoms with E-state index in [2.05, 4.69) is 15.3 Å². The van der Waals surface area contributed by atoms with Gasteiger partial charge in [-0.15, -0.1) is 0 Å². The molecule has 1 N–H and O–H groups in total. The second kappa shape index (κ2) is 6.51. The quantitative estimate of drug-likeness (QED) is 0.869. The molecule has 0 aliphatic rings. The molecular weight excluding hydrogens is 291 g/mol. The van der Waals surface area contributed by atoms with Crippen LogP contribution in [-0.4, -0.2) is 9.97 Å². The number of hydrogen-bond donors (Lipinski definition) is 1. The zero-order chi connectivity index (χ0) is 15.4. The third-order valence-electron chi connectivity index (χ3n) is 3.02. The van der Waals surface area contributed by atoms with Crippen molar-refractivity contribution in [3.05, 3.63) is 52.7 Å². The van der Waals surface area contributed by atoms with Crippen LogP contribution in [0.5, 0.6) is 0 Å². The summed E-state index contributed by atoms with van der Waals surface area (Å²) in [4.78, 5) is 8.20. The van der Waals surface area contributed by atoms with Crippen LogP contribution in [0, 0.1) is 23.1 Å². The van der Waals surface area contributed by atoms with E-state index in [0.717, 1.165) is 11.8 Å². The lowest BCUT2D eigenvalue weighted by atomic mass is 10.0. The van der Waals surface area contributed by atoms with Crippen LogP contribution >= 0.6 is 11.6 Å². The number of nitriles is 1. The summed E-state index contributed by atoms with van der Waals surface area (Å²) in [5, 5.41) is 11.8. The predicted octanol–water partition coefficient (Wildman–Crippen LogP) is 3.95. The summed E-state index contributed by atoms with van der Waals surface area (Å²) < 4.78 is 14.0. The molecule has 0 fully saturated rings. The highest BCUT2D eigenvalue weighted by Crippen LogP contribution is 2.27. The van der Waals surface area contributed by atoms with E-state index in [1.165, 1.54) is 0 Å². The fourth-order valence-corrected chi connectivity index (χ4v) is 2.12. The normalized spacial score (nSPS) is 12.0. The Balaban J connectivity index is 2.35. The van der Waals surface area contributed by atoms with Crippen molar-refractivity contribution >= 4 is 17.4 Å². The van der Waals surface area contributed by atoms with Gasteiger partial charge in [-0.05, 0) is 24.1 Å². The Hall–Kier alpha value is -2.19. The van der Waals surface area contributed by atoms with Crippen LogP contribution < -0.4 is 5.32 Å². The zero-order valence-electron chi connectivity index (χ0n) is 11.6. The molecule has 0 spiro atoms. The minimum atomic E-state index is -0.613. The number of hydrogen-bond acceptors (Lipinski definition) is 4. The summed E-state index contributed by atoms with van der Waals surface area (Å²) in [5.41, 5.74) is 0.799. The summed E-state index contributed by atoms with van der Waals surface area (Å²) in [5.74, 6) is -0.434. The van der Waals surface area contributed by atoms with Gasteiger partial charge < -0.3 is 5.32 Å². The number of nitrogens with one attached hydrogen (secondary N) is 1. The van der Waals surface area contributed by atoms with E-state index in [1.54, 1.807) is 12.3 Å². The standard InChI is InChI=1S/C15H14ClFN4/c1-9(2)13(12-5-3-4-6-19-12)20-15-11(17)7-10(8-18)14(16)21-15/h3-7,9,13H,1-2H3,(H,20,21)/t13-/m0/s1. The van der Waals surface area contributed by atoms with E-state index in [9.17, 15) is 4.39 Å². The van der Waals surface area contributed by atoms with Gasteiger partial charge in [0.2, 0.25) is 0 Å². The third-order valence-corrected chi connectivity index (χ3v) is 3.30. The van der Waals surface area contributed by atoms with Gasteiger partial charge in [0, 0.05) is 6.20 Å². The minimum Gasteiger partial charge on any atom is -0.359 e. The van der Waals surface area contributed by atoms with E-state index in [1.807, 2.05) is 32.0 Å². The van der Waals surface area contributed by atoms with Gasteiger partial charge in [0.05, 0.1) is 17.3 Å². The van der Waals surface area contributed by atoms with Crippen molar-refractivity contribution in [2.24, 2.45) is 5.92 Å². The maximum absolute atomic E-state index is 14.0. The average Bonchev–Trinajstić information content (AvgIpc) is 2.48. The molecule has 0 amide bonds. The molecule has 0 aliphatic heterocycles. The second-order valence-corrected chi connectivity index (χ2v) is 5.25. The first-order chi connectivity index (χ1) is 10.0. The molecule has 0 unspecified atom stereocenters. The lowest BCUT2D eigenvalue weighted by molar-refractivity contribution is 0.526. The van der Waals surface area contributed by atoms with Crippen molar-refractivity contribution in [2.75, 3.05) is 5.32 Å². The maximum atomic E-state index is 14.0. The molecule has 0 saturated carbocycles. The Morgan fingerprint density at radius 2 is 2.14 bits per heavy atom. The van der Waals surface area contributed by atoms with Crippen LogP contribution in [0.25, 0.3) is 0 Å². The number of anilines is 1. The molecule has 108 valence electrons. The van der Waals surface area contributed by atoms with Crippen molar-refractivity contribution in [3.8, 4) is 6.07 Å². The minimum absolute atomic E-state index is 0.0126. The van der Waals surface area contributed by atoms with Gasteiger partial charge in [-0.1, -0.05) is 31.5 Å². The molecule has 0 aromatic carbocycles. The molecule has 2 aromatic rings. The first kappa shape index (κ1) is 15.2. The molecule has 0 saturated heterocycles. The maximum Gasteiger partial charge on any atom is 0.166 e. The molecule has 1 atom stereocenters. The highest BCUT2D eigenvalue weighted by Gasteiger charge is 2.20. The summed E-state index contributed by atoms with van der Waals surface area (Å²) in [7, 11) is 0. The highest BCUT2D eigenvalue weighted by atomic mass is 35.5. The highest BCUT2D eigenvalue weighted by molar-refractivity contribution is 6.30. The lowest BCUT2D eigenvalue weighted by Crippen LogP contribution is -2.19. The fraction of sp³-hybridized carbons (Fsp3) is 0.267. The van der Waals surface area contributed by atoms with Gasteiger partial charge in [0.25, 0.3) is 0 Å². The van der Waals surface area contributed by atoms with Crippen molar-refractivity contribution in [1.29, 1.82) is 5.26 Å². The monoisotopic (exact) mass is 304 g/mol. The molecular formula is C15H14ClFN4. The van der Waals surface area contributed by atoms with E-state index in [0.29, 0.717) is 0 Å². The molecule has 6 heteroatoms. The first-order valence-electron chi connectivity index (χ1n) is 6.46. The fourth-order valence-electron chi connectivity index (χ4n) is 1.94. The van der Waals surface area contributed by atoms with Crippen LogP contribution in [0.1, 0.15) is 31.1 Å². The van der Waals surface area contributed by atoms with E-state index >= 15 is 0 Å². The van der Waals surface area contributed by atoms with Crippen LogP contribution in [0.4, 0.5) is 10.2 Å². The summed E-state index contributed by atoms with van der Waals surface area (Å²) in [6.07, 6.45) is 1.68. The first-order valence-corrected chi connectivity index (χ1v) is 6.84. The van der Waals surface area contributed by atoms with Crippen molar-refractivity contribution in [2.45, 2.75) is 19.9 Å². The Labute approximate surface area is 127 Å². The number of pyridine rings is 2. The average molecular weight is 305 g/mol. The summed E-state index contributed by atoms with van der Waals surface area (Å²) in [6, 6.07) is 8.21. The molecule has 21 heavy (non-hydrogen) atoms. The number of nitrogens with zero attached hydrogens (tertiary/aromatic N) is 3. The van der Waals surface area contributed by atoms with Gasteiger partial charge >= 0.3 is 0 Å². The Bertz CT molecular complexity index is 667. The predicted molar refractivity (Wildman–Crippen MR) is 79.4 cm³/mol. The van der Waals surface area contributed by atoms with Gasteiger partial charge in [-0.25, -0.2) is 9.37 Å². The molecule has 2 aromatic heterocycles. The number of aromatic nitrogens is 2. The summed E-state index contributed by atoms with van der Waals surface area (Å²) in [6.45, 7) is 3.99. The van der Waals surface area contributed by atoms with E-state index in [4.69, 9.17) is 16.9 Å². The van der Waals surface area contributed by atoms with Crippen LogP contribution in [0.15, 0.2) is 30.5 Å². The van der Waals surface area contributed by atoms with Gasteiger partial charge in [-0.2, -0.15) is 5.26 Å². The van der Waals surface area contributed by atoms with Crippen LogP contribution in [-0.2, 0) is 0 Å². The number of halogens is 2. The third kappa shape index (κ3) is 3.47. The van der Waals surface area contributed by atoms with E-state index in [-0.39, 0.29) is 28.5 Å². The van der Waals surface area contributed by atoms with E-state index < -0.39 is 5.82 Å². The zero-order valence-corrected chi connectivity index (χ0v) is 12.4. The van der Waals surface area contributed by atoms with Crippen molar-refractivity contribution in [1.82, 2.24) is 9.97 Å². The molecule has 2 heterocycles. The second-order valence-electron chi connectivity index (χ2n) is 4.89. The molecule has 2 rings (SSSR count). The Morgan fingerprint density at radius 3 is 2.71 bits per heavy atom. The Kier molecular flexibility index (Phi) is 4.71. The SMILES string of the molecule is CC(C)[C@H](Nc1nc(Cl)c(C#N)cc1F)c1ccccn1. The van der Waals surface area contributed by atoms with Crippen molar-refractivity contribution in [3.63, 3.8) is 0 Å². The largest absolute Gasteiger partial charge is 0.359 e. The molecule has 0 radical (unpaired) electrons. The lowest BCUT2D eigenvalue weighted by Gasteiger charge is -2.22. The molecule has 0 aliphatic carbocycles. The molecule has 0 bridgehead atoms. The Morgan fingerprint density at radius 1 is 1.38 bits per heavy atom.